The Bertz CT molecular complexity index is 506. The first-order chi connectivity index (χ1) is 8.76. The summed E-state index contributed by atoms with van der Waals surface area (Å²) < 4.78 is 1.79. The maximum atomic E-state index is 4.36. The Morgan fingerprint density at radius 2 is 2.22 bits per heavy atom. The number of hydrogen-bond donors (Lipinski definition) is 1. The van der Waals surface area contributed by atoms with Gasteiger partial charge in [0.1, 0.15) is 12.1 Å². The van der Waals surface area contributed by atoms with Crippen molar-refractivity contribution in [1.29, 1.82) is 0 Å². The molecule has 0 aliphatic carbocycles. The summed E-state index contributed by atoms with van der Waals surface area (Å²) in [7, 11) is 0. The van der Waals surface area contributed by atoms with Gasteiger partial charge in [0.25, 0.3) is 5.78 Å². The second-order valence-electron chi connectivity index (χ2n) is 4.16. The molecule has 6 nitrogen and oxygen atoms in total. The van der Waals surface area contributed by atoms with Gasteiger partial charge >= 0.3 is 0 Å². The second-order valence-corrected chi connectivity index (χ2v) is 4.16. The van der Waals surface area contributed by atoms with E-state index in [2.05, 4.69) is 45.2 Å². The molecule has 0 radical (unpaired) electrons. The highest BCUT2D eigenvalue weighted by molar-refractivity contribution is 5.47. The normalized spacial score (nSPS) is 11.1. The van der Waals surface area contributed by atoms with E-state index < -0.39 is 0 Å². The molecule has 0 saturated heterocycles. The molecule has 98 valence electrons. The number of nitrogens with one attached hydrogen (secondary N) is 1. The zero-order valence-electron chi connectivity index (χ0n) is 11.2. The van der Waals surface area contributed by atoms with E-state index in [-0.39, 0.29) is 0 Å². The van der Waals surface area contributed by atoms with Crippen molar-refractivity contribution in [2.24, 2.45) is 0 Å². The number of anilines is 1. The molecule has 6 heteroatoms. The minimum atomic E-state index is 0.659. The van der Waals surface area contributed by atoms with Gasteiger partial charge in [-0.15, -0.1) is 0 Å². The number of fused-ring (bicyclic) bond motifs is 1. The van der Waals surface area contributed by atoms with E-state index in [1.807, 2.05) is 6.92 Å². The van der Waals surface area contributed by atoms with Crippen molar-refractivity contribution in [1.82, 2.24) is 24.9 Å². The summed E-state index contributed by atoms with van der Waals surface area (Å²) in [6, 6.07) is 2.05. The molecule has 0 aromatic carbocycles. The SMILES string of the molecule is CCNCCN(CC)c1cc(C)nc2ncnn12. The lowest BCUT2D eigenvalue weighted by atomic mass is 10.3. The Morgan fingerprint density at radius 1 is 1.39 bits per heavy atom. The number of likely N-dealkylation sites (N-methyl/N-ethyl adjacent to an activating group) is 2. The zero-order valence-corrected chi connectivity index (χ0v) is 11.2. The maximum absolute atomic E-state index is 4.36. The fourth-order valence-corrected chi connectivity index (χ4v) is 1.96. The van der Waals surface area contributed by atoms with Gasteiger partial charge in [0.15, 0.2) is 0 Å². The van der Waals surface area contributed by atoms with Gasteiger partial charge in [-0.05, 0) is 20.4 Å². The van der Waals surface area contributed by atoms with E-state index in [0.717, 1.165) is 37.7 Å². The summed E-state index contributed by atoms with van der Waals surface area (Å²) in [5, 5.41) is 7.57. The second kappa shape index (κ2) is 5.77. The first kappa shape index (κ1) is 12.8. The van der Waals surface area contributed by atoms with Gasteiger partial charge in [0, 0.05) is 31.4 Å². The fraction of sp³-hybridized carbons (Fsp3) is 0.583. The minimum Gasteiger partial charge on any atom is -0.355 e. The van der Waals surface area contributed by atoms with Crippen molar-refractivity contribution < 1.29 is 0 Å². The fourth-order valence-electron chi connectivity index (χ4n) is 1.96. The van der Waals surface area contributed by atoms with Crippen molar-refractivity contribution in [2.75, 3.05) is 31.1 Å². The van der Waals surface area contributed by atoms with Gasteiger partial charge in [0.05, 0.1) is 0 Å². The highest BCUT2D eigenvalue weighted by Gasteiger charge is 2.11. The number of hydrogen-bond acceptors (Lipinski definition) is 5. The average Bonchev–Trinajstić information content (AvgIpc) is 2.82. The predicted molar refractivity (Wildman–Crippen MR) is 71.9 cm³/mol. The van der Waals surface area contributed by atoms with Gasteiger partial charge in [-0.2, -0.15) is 14.6 Å². The number of rotatable bonds is 6. The van der Waals surface area contributed by atoms with Crippen molar-refractivity contribution in [2.45, 2.75) is 20.8 Å². The van der Waals surface area contributed by atoms with Crippen LogP contribution in [0, 0.1) is 6.92 Å². The molecule has 0 bridgehead atoms. The van der Waals surface area contributed by atoms with Crippen LogP contribution >= 0.6 is 0 Å². The molecule has 2 heterocycles. The highest BCUT2D eigenvalue weighted by Crippen LogP contribution is 2.15. The van der Waals surface area contributed by atoms with Crippen LogP contribution in [0.15, 0.2) is 12.4 Å². The third-order valence-electron chi connectivity index (χ3n) is 2.88. The van der Waals surface area contributed by atoms with Gasteiger partial charge < -0.3 is 10.2 Å². The molecule has 0 fully saturated rings. The molecule has 0 spiro atoms. The molecule has 2 aromatic heterocycles. The third-order valence-corrected chi connectivity index (χ3v) is 2.88. The van der Waals surface area contributed by atoms with Crippen LogP contribution < -0.4 is 10.2 Å². The van der Waals surface area contributed by atoms with Gasteiger partial charge in [-0.1, -0.05) is 6.92 Å². The van der Waals surface area contributed by atoms with Gasteiger partial charge in [-0.3, -0.25) is 0 Å². The van der Waals surface area contributed by atoms with Crippen LogP contribution in [0.5, 0.6) is 0 Å². The highest BCUT2D eigenvalue weighted by atomic mass is 15.4. The van der Waals surface area contributed by atoms with Crippen LogP contribution in [0.2, 0.25) is 0 Å². The Kier molecular flexibility index (Phi) is 4.09. The van der Waals surface area contributed by atoms with E-state index in [1.165, 1.54) is 0 Å². The van der Waals surface area contributed by atoms with Crippen LogP contribution in [-0.4, -0.2) is 45.8 Å². The van der Waals surface area contributed by atoms with E-state index in [1.54, 1.807) is 10.8 Å². The van der Waals surface area contributed by atoms with Crippen LogP contribution in [0.3, 0.4) is 0 Å². The van der Waals surface area contributed by atoms with E-state index in [0.29, 0.717) is 5.78 Å². The Morgan fingerprint density at radius 3 is 2.94 bits per heavy atom. The smallest absolute Gasteiger partial charge is 0.254 e. The summed E-state index contributed by atoms with van der Waals surface area (Å²) in [6.45, 7) is 10.1. The largest absolute Gasteiger partial charge is 0.355 e. The van der Waals surface area contributed by atoms with Crippen LogP contribution in [-0.2, 0) is 0 Å². The summed E-state index contributed by atoms with van der Waals surface area (Å²) in [4.78, 5) is 10.8. The van der Waals surface area contributed by atoms with Crippen LogP contribution in [0.4, 0.5) is 5.82 Å². The molecule has 2 aromatic rings. The lowest BCUT2D eigenvalue weighted by Gasteiger charge is -2.23. The van der Waals surface area contributed by atoms with Crippen LogP contribution in [0.25, 0.3) is 5.78 Å². The van der Waals surface area contributed by atoms with E-state index in [4.69, 9.17) is 0 Å². The first-order valence-corrected chi connectivity index (χ1v) is 6.39. The summed E-state index contributed by atoms with van der Waals surface area (Å²) >= 11 is 0. The molecular weight excluding hydrogens is 228 g/mol. The topological polar surface area (TPSA) is 58.3 Å². The Labute approximate surface area is 107 Å². The minimum absolute atomic E-state index is 0.659. The predicted octanol–water partition coefficient (Wildman–Crippen LogP) is 0.869. The van der Waals surface area contributed by atoms with Crippen molar-refractivity contribution >= 4 is 11.6 Å². The third kappa shape index (κ3) is 2.59. The summed E-state index contributed by atoms with van der Waals surface area (Å²) in [6.07, 6.45) is 1.55. The lowest BCUT2D eigenvalue weighted by molar-refractivity contribution is 0.676. The molecule has 0 atom stereocenters. The van der Waals surface area contributed by atoms with Crippen molar-refractivity contribution in [3.05, 3.63) is 18.1 Å². The molecule has 18 heavy (non-hydrogen) atoms. The molecule has 0 unspecified atom stereocenters. The molecule has 1 N–H and O–H groups in total. The molecule has 0 amide bonds. The molecular formula is C12H20N6. The molecule has 2 rings (SSSR count). The number of nitrogens with zero attached hydrogens (tertiary/aromatic N) is 5. The average molecular weight is 248 g/mol. The maximum Gasteiger partial charge on any atom is 0.254 e. The van der Waals surface area contributed by atoms with Gasteiger partial charge in [0.2, 0.25) is 0 Å². The summed E-state index contributed by atoms with van der Waals surface area (Å²) in [5.74, 6) is 1.71. The monoisotopic (exact) mass is 248 g/mol. The molecule has 0 aliphatic heterocycles. The van der Waals surface area contributed by atoms with Crippen molar-refractivity contribution in [3.63, 3.8) is 0 Å². The standard InChI is InChI=1S/C12H20N6/c1-4-13-6-7-17(5-2)11-8-10(3)16-12-14-9-15-18(11)12/h8-9,13H,4-7H2,1-3H3. The van der Waals surface area contributed by atoms with Crippen molar-refractivity contribution in [3.8, 4) is 0 Å². The summed E-state index contributed by atoms with van der Waals surface area (Å²) in [5.41, 5.74) is 0.965. The van der Waals surface area contributed by atoms with E-state index >= 15 is 0 Å². The van der Waals surface area contributed by atoms with E-state index in [9.17, 15) is 0 Å². The zero-order chi connectivity index (χ0) is 13.0. The lowest BCUT2D eigenvalue weighted by Crippen LogP contribution is -2.33. The number of aryl methyl sites for hydroxylation is 1. The number of aromatic nitrogens is 4. The van der Waals surface area contributed by atoms with Gasteiger partial charge in [-0.25, -0.2) is 4.98 Å². The molecule has 0 saturated carbocycles. The Hall–Kier alpha value is -1.69. The quantitative estimate of drug-likeness (QED) is 0.769. The molecule has 0 aliphatic rings. The Balaban J connectivity index is 2.28. The van der Waals surface area contributed by atoms with Crippen LogP contribution in [0.1, 0.15) is 19.5 Å². The first-order valence-electron chi connectivity index (χ1n) is 6.39.